The molecule has 3 aromatic heterocycles. The summed E-state index contributed by atoms with van der Waals surface area (Å²) in [5.74, 6) is 0.785. The third kappa shape index (κ3) is 3.81. The van der Waals surface area contributed by atoms with Gasteiger partial charge >= 0.3 is 6.09 Å². The summed E-state index contributed by atoms with van der Waals surface area (Å²) < 4.78 is 12.3. The maximum absolute atomic E-state index is 12.1. The van der Waals surface area contributed by atoms with Crippen LogP contribution in [0.5, 0.6) is 0 Å². The van der Waals surface area contributed by atoms with E-state index in [4.69, 9.17) is 9.26 Å². The number of ether oxygens (including phenoxy) is 1. The average molecular weight is 358 g/mol. The Balaban J connectivity index is 1.71. The zero-order chi connectivity index (χ0) is 18.9. The number of fused-ring (bicyclic) bond motifs is 1. The van der Waals surface area contributed by atoms with Crippen LogP contribution in [0.25, 0.3) is 17.1 Å². The first-order valence-corrected chi connectivity index (χ1v) is 8.33. The fraction of sp³-hybridized carbons (Fsp3) is 0.471. The van der Waals surface area contributed by atoms with Crippen molar-refractivity contribution in [3.05, 3.63) is 30.2 Å². The smallest absolute Gasteiger partial charge is 0.410 e. The zero-order valence-corrected chi connectivity index (χ0v) is 15.5. The highest BCUT2D eigenvalue weighted by Crippen LogP contribution is 2.20. The second-order valence-corrected chi connectivity index (χ2v) is 7.13. The number of amides is 1. The highest BCUT2D eigenvalue weighted by molar-refractivity contribution is 5.70. The van der Waals surface area contributed by atoms with Crippen LogP contribution in [0.15, 0.2) is 28.9 Å². The number of likely N-dealkylation sites (N-methyl/N-ethyl adjacent to an activating group) is 1. The van der Waals surface area contributed by atoms with Crippen molar-refractivity contribution in [3.63, 3.8) is 0 Å². The predicted octanol–water partition coefficient (Wildman–Crippen LogP) is 2.58. The van der Waals surface area contributed by atoms with Gasteiger partial charge in [-0.3, -0.25) is 0 Å². The highest BCUT2D eigenvalue weighted by atomic mass is 16.6. The third-order valence-electron chi connectivity index (χ3n) is 3.81. The van der Waals surface area contributed by atoms with Crippen LogP contribution in [0.4, 0.5) is 4.79 Å². The Morgan fingerprint density at radius 3 is 2.88 bits per heavy atom. The number of rotatable bonds is 4. The van der Waals surface area contributed by atoms with Gasteiger partial charge in [0.05, 0.1) is 5.52 Å². The molecule has 0 aliphatic rings. The van der Waals surface area contributed by atoms with Gasteiger partial charge < -0.3 is 14.2 Å². The molecule has 3 heterocycles. The van der Waals surface area contributed by atoms with E-state index in [9.17, 15) is 4.79 Å². The van der Waals surface area contributed by atoms with Gasteiger partial charge in [0, 0.05) is 25.7 Å². The lowest BCUT2D eigenvalue weighted by Gasteiger charge is -2.28. The van der Waals surface area contributed by atoms with E-state index in [0.29, 0.717) is 23.8 Å². The first-order chi connectivity index (χ1) is 12.2. The summed E-state index contributed by atoms with van der Waals surface area (Å²) >= 11 is 0. The van der Waals surface area contributed by atoms with Gasteiger partial charge in [-0.15, -0.1) is 5.10 Å². The molecule has 0 spiro atoms. The Kier molecular flexibility index (Phi) is 4.62. The first-order valence-electron chi connectivity index (χ1n) is 8.33. The van der Waals surface area contributed by atoms with Gasteiger partial charge in [-0.05, 0) is 39.8 Å². The van der Waals surface area contributed by atoms with Crippen molar-refractivity contribution in [1.29, 1.82) is 0 Å². The number of hydrogen-bond donors (Lipinski definition) is 0. The minimum Gasteiger partial charge on any atom is -0.444 e. The lowest BCUT2D eigenvalue weighted by molar-refractivity contribution is 0.0234. The summed E-state index contributed by atoms with van der Waals surface area (Å²) in [6, 6.07) is 5.46. The Bertz CT molecular complexity index is 911. The maximum atomic E-state index is 12.1. The van der Waals surface area contributed by atoms with Crippen LogP contribution in [-0.2, 0) is 11.2 Å². The second kappa shape index (κ2) is 6.74. The Hall–Kier alpha value is -2.97. The molecule has 0 N–H and O–H groups in total. The SMILES string of the molecule is CC(Cc1noc(-c2nnn3ccccc23)n1)N(C)C(=O)OC(C)(C)C. The quantitative estimate of drug-likeness (QED) is 0.707. The molecule has 0 radical (unpaired) electrons. The number of pyridine rings is 1. The monoisotopic (exact) mass is 358 g/mol. The van der Waals surface area contributed by atoms with Crippen molar-refractivity contribution in [1.82, 2.24) is 29.9 Å². The molecule has 3 aromatic rings. The van der Waals surface area contributed by atoms with Crippen LogP contribution in [0.1, 0.15) is 33.5 Å². The van der Waals surface area contributed by atoms with Gasteiger partial charge in [-0.2, -0.15) is 4.98 Å². The fourth-order valence-corrected chi connectivity index (χ4v) is 2.34. The number of carbonyl (C=O) groups excluding carboxylic acids is 1. The van der Waals surface area contributed by atoms with Crippen LogP contribution in [0.3, 0.4) is 0 Å². The van der Waals surface area contributed by atoms with Crippen molar-refractivity contribution >= 4 is 11.6 Å². The molecule has 0 aromatic carbocycles. The fourth-order valence-electron chi connectivity index (χ4n) is 2.34. The standard InChI is InChI=1S/C17H22N6O3/c1-11(22(5)16(24)25-17(2,3)4)10-13-18-15(26-20-13)14-12-8-6-7-9-23(12)21-19-14/h6-9,11H,10H2,1-5H3. The summed E-state index contributed by atoms with van der Waals surface area (Å²) in [7, 11) is 1.69. The summed E-state index contributed by atoms with van der Waals surface area (Å²) in [6.07, 6.45) is 1.83. The lowest BCUT2D eigenvalue weighted by Crippen LogP contribution is -2.40. The molecule has 1 atom stereocenters. The van der Waals surface area contributed by atoms with Gasteiger partial charge in [-0.25, -0.2) is 9.31 Å². The number of aromatic nitrogens is 5. The molecule has 0 saturated heterocycles. The summed E-state index contributed by atoms with van der Waals surface area (Å²) in [6.45, 7) is 7.39. The van der Waals surface area contributed by atoms with Crippen LogP contribution in [0, 0.1) is 0 Å². The normalized spacial score (nSPS) is 13.0. The van der Waals surface area contributed by atoms with E-state index in [1.807, 2.05) is 45.9 Å². The second-order valence-electron chi connectivity index (χ2n) is 7.13. The molecule has 0 bridgehead atoms. The van der Waals surface area contributed by atoms with Crippen LogP contribution in [-0.4, -0.2) is 54.7 Å². The van der Waals surface area contributed by atoms with E-state index in [0.717, 1.165) is 5.52 Å². The van der Waals surface area contributed by atoms with Gasteiger partial charge in [0.2, 0.25) is 0 Å². The highest BCUT2D eigenvalue weighted by Gasteiger charge is 2.24. The largest absolute Gasteiger partial charge is 0.444 e. The Morgan fingerprint density at radius 2 is 2.15 bits per heavy atom. The van der Waals surface area contributed by atoms with Crippen molar-refractivity contribution in [3.8, 4) is 11.6 Å². The van der Waals surface area contributed by atoms with E-state index in [-0.39, 0.29) is 6.04 Å². The van der Waals surface area contributed by atoms with E-state index >= 15 is 0 Å². The van der Waals surface area contributed by atoms with E-state index < -0.39 is 11.7 Å². The molecule has 3 rings (SSSR count). The molecular weight excluding hydrogens is 336 g/mol. The molecule has 1 unspecified atom stereocenters. The zero-order valence-electron chi connectivity index (χ0n) is 15.5. The summed E-state index contributed by atoms with van der Waals surface area (Å²) in [5.41, 5.74) is 0.763. The molecular formula is C17H22N6O3. The van der Waals surface area contributed by atoms with E-state index in [2.05, 4.69) is 20.5 Å². The molecule has 0 fully saturated rings. The molecule has 0 saturated carbocycles. The Morgan fingerprint density at radius 1 is 1.38 bits per heavy atom. The van der Waals surface area contributed by atoms with E-state index in [1.165, 1.54) is 4.90 Å². The Labute approximate surface area is 150 Å². The van der Waals surface area contributed by atoms with Crippen molar-refractivity contribution in [2.24, 2.45) is 0 Å². The molecule has 138 valence electrons. The maximum Gasteiger partial charge on any atom is 0.410 e. The summed E-state index contributed by atoms with van der Waals surface area (Å²) in [5, 5.41) is 12.1. The number of hydrogen-bond acceptors (Lipinski definition) is 7. The van der Waals surface area contributed by atoms with Crippen LogP contribution in [0.2, 0.25) is 0 Å². The van der Waals surface area contributed by atoms with Crippen LogP contribution >= 0.6 is 0 Å². The van der Waals surface area contributed by atoms with Gasteiger partial charge in [0.25, 0.3) is 5.89 Å². The predicted molar refractivity (Wildman–Crippen MR) is 93.4 cm³/mol. The van der Waals surface area contributed by atoms with Gasteiger partial charge in [0.15, 0.2) is 11.5 Å². The van der Waals surface area contributed by atoms with E-state index in [1.54, 1.807) is 17.8 Å². The molecule has 0 aliphatic heterocycles. The lowest BCUT2D eigenvalue weighted by atomic mass is 10.2. The average Bonchev–Trinajstić information content (AvgIpc) is 3.18. The molecule has 9 nitrogen and oxygen atoms in total. The summed E-state index contributed by atoms with van der Waals surface area (Å²) in [4.78, 5) is 18.1. The third-order valence-corrected chi connectivity index (χ3v) is 3.81. The van der Waals surface area contributed by atoms with Gasteiger partial charge in [-0.1, -0.05) is 16.4 Å². The van der Waals surface area contributed by atoms with Crippen LogP contribution < -0.4 is 0 Å². The minimum absolute atomic E-state index is 0.160. The molecule has 9 heteroatoms. The number of nitrogens with zero attached hydrogens (tertiary/aromatic N) is 6. The molecule has 0 aliphatic carbocycles. The first kappa shape index (κ1) is 17.8. The van der Waals surface area contributed by atoms with Crippen molar-refractivity contribution in [2.75, 3.05) is 7.05 Å². The van der Waals surface area contributed by atoms with Crippen molar-refractivity contribution < 1.29 is 14.1 Å². The minimum atomic E-state index is -0.542. The number of carbonyl (C=O) groups is 1. The van der Waals surface area contributed by atoms with Gasteiger partial charge in [0.1, 0.15) is 5.60 Å². The molecule has 26 heavy (non-hydrogen) atoms. The van der Waals surface area contributed by atoms with Crippen molar-refractivity contribution in [2.45, 2.75) is 45.8 Å². The topological polar surface area (TPSA) is 98.6 Å². The molecule has 1 amide bonds.